The first-order chi connectivity index (χ1) is 5.63. The molecule has 12 heavy (non-hydrogen) atoms. The van der Waals surface area contributed by atoms with Crippen LogP contribution in [0, 0.1) is 0 Å². The van der Waals surface area contributed by atoms with Gasteiger partial charge in [-0.3, -0.25) is 0 Å². The van der Waals surface area contributed by atoms with E-state index in [1.54, 1.807) is 0 Å². The molecule has 0 atom stereocenters. The van der Waals surface area contributed by atoms with E-state index in [1.165, 1.54) is 11.3 Å². The van der Waals surface area contributed by atoms with Gasteiger partial charge >= 0.3 is 0 Å². The molecule has 0 radical (unpaired) electrons. The average Bonchev–Trinajstić information content (AvgIpc) is 2.30. The Balaban J connectivity index is 2.95. The van der Waals surface area contributed by atoms with Crippen LogP contribution in [0.15, 0.2) is 11.6 Å². The predicted molar refractivity (Wildman–Crippen MR) is 58.7 cm³/mol. The normalized spacial score (nSPS) is 12.2. The molecule has 0 saturated carbocycles. The standard InChI is InChI=1S/C8H7Cl3S/c1-5(4-9)2-6-3-7(10)12-8(6)11/h2-3H,4H2,1H3/b5-2-. The van der Waals surface area contributed by atoms with Crippen LogP contribution >= 0.6 is 46.1 Å². The van der Waals surface area contributed by atoms with Crippen LogP contribution < -0.4 is 0 Å². The molecule has 1 aromatic rings. The molecule has 66 valence electrons. The van der Waals surface area contributed by atoms with Crippen molar-refractivity contribution in [2.45, 2.75) is 6.92 Å². The quantitative estimate of drug-likeness (QED) is 0.659. The Morgan fingerprint density at radius 3 is 2.67 bits per heavy atom. The van der Waals surface area contributed by atoms with Crippen LogP contribution in [0.3, 0.4) is 0 Å². The largest absolute Gasteiger partial charge is 0.122 e. The highest BCUT2D eigenvalue weighted by molar-refractivity contribution is 7.20. The second-order valence-electron chi connectivity index (χ2n) is 2.40. The fourth-order valence-electron chi connectivity index (χ4n) is 0.755. The molecule has 0 aliphatic heterocycles. The molecule has 0 fully saturated rings. The Hall–Kier alpha value is 0.310. The van der Waals surface area contributed by atoms with E-state index < -0.39 is 0 Å². The van der Waals surface area contributed by atoms with E-state index in [0.29, 0.717) is 14.6 Å². The SMILES string of the molecule is C/C(=C/c1cc(Cl)sc1Cl)CCl. The molecule has 4 heteroatoms. The molecular weight excluding hydrogens is 235 g/mol. The van der Waals surface area contributed by atoms with E-state index in [2.05, 4.69) is 0 Å². The maximum Gasteiger partial charge on any atom is 0.102 e. The first-order valence-electron chi connectivity index (χ1n) is 3.31. The van der Waals surface area contributed by atoms with Gasteiger partial charge in [-0.1, -0.05) is 34.9 Å². The number of alkyl halides is 1. The highest BCUT2D eigenvalue weighted by Gasteiger charge is 2.02. The van der Waals surface area contributed by atoms with E-state index in [0.717, 1.165) is 11.1 Å². The number of rotatable bonds is 2. The maximum absolute atomic E-state index is 5.89. The van der Waals surface area contributed by atoms with Crippen molar-refractivity contribution in [3.05, 3.63) is 25.9 Å². The van der Waals surface area contributed by atoms with Gasteiger partial charge in [-0.2, -0.15) is 0 Å². The van der Waals surface area contributed by atoms with Crippen molar-refractivity contribution in [3.8, 4) is 0 Å². The van der Waals surface area contributed by atoms with Crippen LogP contribution in [0.2, 0.25) is 8.67 Å². The molecule has 0 spiro atoms. The van der Waals surface area contributed by atoms with Crippen LogP contribution in [0.1, 0.15) is 12.5 Å². The van der Waals surface area contributed by atoms with Crippen LogP contribution in [-0.4, -0.2) is 5.88 Å². The molecule has 0 aromatic carbocycles. The van der Waals surface area contributed by atoms with Crippen molar-refractivity contribution < 1.29 is 0 Å². The minimum Gasteiger partial charge on any atom is -0.122 e. The third-order valence-corrected chi connectivity index (χ3v) is 3.24. The minimum absolute atomic E-state index is 0.518. The molecule has 0 unspecified atom stereocenters. The predicted octanol–water partition coefficient (Wildman–Crippen LogP) is 4.70. The summed E-state index contributed by atoms with van der Waals surface area (Å²) in [7, 11) is 0. The van der Waals surface area contributed by atoms with Crippen LogP contribution in [0.25, 0.3) is 6.08 Å². The third kappa shape index (κ3) is 2.67. The second-order valence-corrected chi connectivity index (χ2v) is 4.96. The summed E-state index contributed by atoms with van der Waals surface area (Å²) >= 11 is 18.6. The highest BCUT2D eigenvalue weighted by Crippen LogP contribution is 2.32. The summed E-state index contributed by atoms with van der Waals surface area (Å²) in [5.74, 6) is 0.518. The molecule has 1 aromatic heterocycles. The molecule has 0 aliphatic carbocycles. The van der Waals surface area contributed by atoms with Crippen LogP contribution in [0.5, 0.6) is 0 Å². The summed E-state index contributed by atoms with van der Waals surface area (Å²) in [4.78, 5) is 0. The first-order valence-corrected chi connectivity index (χ1v) is 5.42. The topological polar surface area (TPSA) is 0 Å². The fraction of sp³-hybridized carbons (Fsp3) is 0.250. The van der Waals surface area contributed by atoms with E-state index in [4.69, 9.17) is 34.8 Å². The number of halogens is 3. The number of allylic oxidation sites excluding steroid dienone is 1. The van der Waals surface area contributed by atoms with Gasteiger partial charge in [-0.15, -0.1) is 22.9 Å². The van der Waals surface area contributed by atoms with Crippen molar-refractivity contribution >= 4 is 52.2 Å². The van der Waals surface area contributed by atoms with E-state index in [1.807, 2.05) is 19.1 Å². The molecule has 1 rings (SSSR count). The molecule has 0 aliphatic rings. The van der Waals surface area contributed by atoms with Gasteiger partial charge in [0.25, 0.3) is 0 Å². The van der Waals surface area contributed by atoms with Crippen molar-refractivity contribution in [1.29, 1.82) is 0 Å². The molecule has 0 amide bonds. The molecule has 0 saturated heterocycles. The fourth-order valence-corrected chi connectivity index (χ4v) is 2.25. The van der Waals surface area contributed by atoms with Gasteiger partial charge in [-0.05, 0) is 13.0 Å². The summed E-state index contributed by atoms with van der Waals surface area (Å²) in [6.07, 6.45) is 1.94. The van der Waals surface area contributed by atoms with Crippen LogP contribution in [-0.2, 0) is 0 Å². The highest BCUT2D eigenvalue weighted by atomic mass is 35.5. The number of hydrogen-bond acceptors (Lipinski definition) is 1. The Labute approximate surface area is 90.8 Å². The zero-order valence-electron chi connectivity index (χ0n) is 6.40. The van der Waals surface area contributed by atoms with Gasteiger partial charge < -0.3 is 0 Å². The zero-order valence-corrected chi connectivity index (χ0v) is 9.49. The van der Waals surface area contributed by atoms with Crippen molar-refractivity contribution in [3.63, 3.8) is 0 Å². The van der Waals surface area contributed by atoms with Crippen molar-refractivity contribution in [1.82, 2.24) is 0 Å². The second kappa shape index (κ2) is 4.52. The van der Waals surface area contributed by atoms with Gasteiger partial charge in [0.1, 0.15) is 4.34 Å². The smallest absolute Gasteiger partial charge is 0.102 e. The number of thiophene rings is 1. The Morgan fingerprint density at radius 2 is 2.25 bits per heavy atom. The third-order valence-electron chi connectivity index (χ3n) is 1.30. The number of hydrogen-bond donors (Lipinski definition) is 0. The summed E-state index contributed by atoms with van der Waals surface area (Å²) in [5, 5.41) is 0. The van der Waals surface area contributed by atoms with Gasteiger partial charge in [0.05, 0.1) is 4.34 Å². The molecular formula is C8H7Cl3S. The Bertz CT molecular complexity index is 301. The van der Waals surface area contributed by atoms with E-state index >= 15 is 0 Å². The summed E-state index contributed by atoms with van der Waals surface area (Å²) in [5.41, 5.74) is 2.03. The van der Waals surface area contributed by atoms with Crippen molar-refractivity contribution in [2.75, 3.05) is 5.88 Å². The lowest BCUT2D eigenvalue weighted by molar-refractivity contribution is 1.43. The molecule has 0 bridgehead atoms. The van der Waals surface area contributed by atoms with Crippen LogP contribution in [0.4, 0.5) is 0 Å². The van der Waals surface area contributed by atoms with Gasteiger partial charge in [0, 0.05) is 11.4 Å². The lowest BCUT2D eigenvalue weighted by atomic mass is 10.2. The first kappa shape index (κ1) is 10.4. The molecule has 0 nitrogen and oxygen atoms in total. The van der Waals surface area contributed by atoms with Gasteiger partial charge in [-0.25, -0.2) is 0 Å². The lowest BCUT2D eigenvalue weighted by Crippen LogP contribution is -1.75. The van der Waals surface area contributed by atoms with Crippen molar-refractivity contribution in [2.24, 2.45) is 0 Å². The average molecular weight is 242 g/mol. The minimum atomic E-state index is 0.518. The van der Waals surface area contributed by atoms with Gasteiger partial charge in [0.15, 0.2) is 0 Å². The summed E-state index contributed by atoms with van der Waals surface area (Å²) in [6, 6.07) is 1.84. The summed E-state index contributed by atoms with van der Waals surface area (Å²) < 4.78 is 1.41. The maximum atomic E-state index is 5.89. The zero-order chi connectivity index (χ0) is 9.14. The summed E-state index contributed by atoms with van der Waals surface area (Å²) in [6.45, 7) is 1.95. The Kier molecular flexibility index (Phi) is 3.91. The van der Waals surface area contributed by atoms with E-state index in [-0.39, 0.29) is 0 Å². The Morgan fingerprint density at radius 1 is 1.58 bits per heavy atom. The van der Waals surface area contributed by atoms with Gasteiger partial charge in [0.2, 0.25) is 0 Å². The lowest BCUT2D eigenvalue weighted by Gasteiger charge is -1.91. The molecule has 0 N–H and O–H groups in total. The van der Waals surface area contributed by atoms with E-state index in [9.17, 15) is 0 Å². The monoisotopic (exact) mass is 240 g/mol. The molecule has 1 heterocycles.